The molecule has 0 aliphatic heterocycles. The molecule has 0 spiro atoms. The van der Waals surface area contributed by atoms with Crippen LogP contribution in [0, 0.1) is 0 Å². The van der Waals surface area contributed by atoms with Crippen LogP contribution in [-0.2, 0) is 10.0 Å². The highest BCUT2D eigenvalue weighted by molar-refractivity contribution is 7.93. The van der Waals surface area contributed by atoms with Gasteiger partial charge in [0.1, 0.15) is 0 Å². The molecule has 0 saturated carbocycles. The molecule has 0 bridgehead atoms. The largest absolute Gasteiger partial charge is 0.240 e. The highest BCUT2D eigenvalue weighted by atomic mass is 32.2. The van der Waals surface area contributed by atoms with Gasteiger partial charge in [-0.25, -0.2) is 13.1 Å². The lowest BCUT2D eigenvalue weighted by atomic mass is 10.0. The molecule has 0 aromatic rings. The van der Waals surface area contributed by atoms with Crippen LogP contribution >= 0.6 is 0 Å². The van der Waals surface area contributed by atoms with Crippen molar-refractivity contribution < 1.29 is 8.42 Å². The van der Waals surface area contributed by atoms with E-state index in [1.165, 1.54) is 7.05 Å². The lowest BCUT2D eigenvalue weighted by Gasteiger charge is -2.15. The van der Waals surface area contributed by atoms with Gasteiger partial charge in [-0.1, -0.05) is 19.4 Å². The number of nitrogens with one attached hydrogen (secondary N) is 1. The summed E-state index contributed by atoms with van der Waals surface area (Å²) in [5.41, 5.74) is 1.06. The maximum Gasteiger partial charge on any atom is 0.240 e. The van der Waals surface area contributed by atoms with Crippen LogP contribution in [0.4, 0.5) is 0 Å². The van der Waals surface area contributed by atoms with E-state index in [1.54, 1.807) is 6.08 Å². The Morgan fingerprint density at radius 3 is 2.79 bits per heavy atom. The van der Waals surface area contributed by atoms with Crippen LogP contribution in [0.25, 0.3) is 0 Å². The van der Waals surface area contributed by atoms with Gasteiger partial charge >= 0.3 is 0 Å². The van der Waals surface area contributed by atoms with Gasteiger partial charge in [0.25, 0.3) is 0 Å². The summed E-state index contributed by atoms with van der Waals surface area (Å²) in [5, 5.41) is 0. The molecule has 0 aromatic heterocycles. The fraction of sp³-hybridized carbons (Fsp3) is 0.600. The molecule has 0 aromatic carbocycles. The summed E-state index contributed by atoms with van der Waals surface area (Å²) in [6, 6.07) is 0. The van der Waals surface area contributed by atoms with Gasteiger partial charge in [0.2, 0.25) is 10.0 Å². The van der Waals surface area contributed by atoms with E-state index < -0.39 is 10.0 Å². The molecule has 0 atom stereocenters. The Morgan fingerprint density at radius 1 is 1.50 bits per heavy atom. The Hall–Kier alpha value is -0.610. The SMILES string of the molecule is CCCC1=C(S(=O)(=O)NC)C=CCC1. The van der Waals surface area contributed by atoms with Crippen molar-refractivity contribution in [2.75, 3.05) is 7.05 Å². The third-order valence-corrected chi connectivity index (χ3v) is 3.88. The van der Waals surface area contributed by atoms with E-state index in [1.807, 2.05) is 6.08 Å². The van der Waals surface area contributed by atoms with Gasteiger partial charge in [-0.15, -0.1) is 0 Å². The topological polar surface area (TPSA) is 46.2 Å². The van der Waals surface area contributed by atoms with Gasteiger partial charge in [-0.2, -0.15) is 0 Å². The first-order chi connectivity index (χ1) is 6.61. The lowest BCUT2D eigenvalue weighted by Crippen LogP contribution is -2.21. The highest BCUT2D eigenvalue weighted by Gasteiger charge is 2.19. The Balaban J connectivity index is 3.07. The summed E-state index contributed by atoms with van der Waals surface area (Å²) in [6.07, 6.45) is 7.34. The Morgan fingerprint density at radius 2 is 2.21 bits per heavy atom. The van der Waals surface area contributed by atoms with Crippen molar-refractivity contribution in [3.8, 4) is 0 Å². The molecule has 1 aliphatic carbocycles. The first-order valence-corrected chi connectivity index (χ1v) is 6.42. The maximum absolute atomic E-state index is 11.6. The molecular formula is C10H17NO2S. The molecule has 3 nitrogen and oxygen atoms in total. The normalized spacial score (nSPS) is 17.6. The molecule has 4 heteroatoms. The summed E-state index contributed by atoms with van der Waals surface area (Å²) in [5.74, 6) is 0. The molecular weight excluding hydrogens is 198 g/mol. The zero-order chi connectivity index (χ0) is 10.6. The molecule has 1 N–H and O–H groups in total. The van der Waals surface area contributed by atoms with Crippen LogP contribution in [0.1, 0.15) is 32.6 Å². The minimum atomic E-state index is -3.25. The third-order valence-electron chi connectivity index (χ3n) is 2.34. The van der Waals surface area contributed by atoms with Crippen molar-refractivity contribution in [2.24, 2.45) is 0 Å². The number of allylic oxidation sites excluding steroid dienone is 3. The standard InChI is InChI=1S/C10H17NO2S/c1-3-6-9-7-4-5-8-10(9)14(12,13)11-2/h5,8,11H,3-4,6-7H2,1-2H3. The lowest BCUT2D eigenvalue weighted by molar-refractivity contribution is 0.594. The summed E-state index contributed by atoms with van der Waals surface area (Å²) in [6.45, 7) is 2.06. The Kier molecular flexibility index (Phi) is 3.89. The van der Waals surface area contributed by atoms with Crippen molar-refractivity contribution in [1.82, 2.24) is 4.72 Å². The van der Waals surface area contributed by atoms with Crippen molar-refractivity contribution in [3.63, 3.8) is 0 Å². The number of sulfonamides is 1. The number of hydrogen-bond acceptors (Lipinski definition) is 2. The van der Waals surface area contributed by atoms with Gasteiger partial charge in [0.05, 0.1) is 4.91 Å². The molecule has 0 saturated heterocycles. The molecule has 0 unspecified atom stereocenters. The quantitative estimate of drug-likeness (QED) is 0.779. The molecule has 14 heavy (non-hydrogen) atoms. The second-order valence-corrected chi connectivity index (χ2v) is 5.22. The first-order valence-electron chi connectivity index (χ1n) is 4.94. The summed E-state index contributed by atoms with van der Waals surface area (Å²) in [7, 11) is -1.80. The second-order valence-electron chi connectivity index (χ2n) is 3.37. The fourth-order valence-corrected chi connectivity index (χ4v) is 2.71. The van der Waals surface area contributed by atoms with Crippen molar-refractivity contribution in [1.29, 1.82) is 0 Å². The predicted molar refractivity (Wildman–Crippen MR) is 58.3 cm³/mol. The molecule has 0 fully saturated rings. The molecule has 0 radical (unpaired) electrons. The third kappa shape index (κ3) is 2.45. The summed E-state index contributed by atoms with van der Waals surface area (Å²) < 4.78 is 25.6. The van der Waals surface area contributed by atoms with E-state index in [0.29, 0.717) is 4.91 Å². The minimum absolute atomic E-state index is 0.480. The molecule has 0 heterocycles. The Labute approximate surface area is 85.9 Å². The molecule has 1 aliphatic rings. The molecule has 0 amide bonds. The van der Waals surface area contributed by atoms with Crippen LogP contribution in [0.5, 0.6) is 0 Å². The maximum atomic E-state index is 11.6. The van der Waals surface area contributed by atoms with E-state index in [2.05, 4.69) is 11.6 Å². The van der Waals surface area contributed by atoms with Crippen LogP contribution < -0.4 is 4.72 Å². The fourth-order valence-electron chi connectivity index (χ4n) is 1.63. The van der Waals surface area contributed by atoms with Gasteiger partial charge in [0, 0.05) is 0 Å². The van der Waals surface area contributed by atoms with E-state index >= 15 is 0 Å². The highest BCUT2D eigenvalue weighted by Crippen LogP contribution is 2.25. The van der Waals surface area contributed by atoms with Crippen LogP contribution in [0.15, 0.2) is 22.6 Å². The smallest absolute Gasteiger partial charge is 0.214 e. The Bertz CT molecular complexity index is 352. The van der Waals surface area contributed by atoms with Crippen LogP contribution in [0.2, 0.25) is 0 Å². The van der Waals surface area contributed by atoms with Crippen molar-refractivity contribution in [2.45, 2.75) is 32.6 Å². The number of hydrogen-bond donors (Lipinski definition) is 1. The van der Waals surface area contributed by atoms with Gasteiger partial charge < -0.3 is 0 Å². The second kappa shape index (κ2) is 4.75. The summed E-state index contributed by atoms with van der Waals surface area (Å²) in [4.78, 5) is 0.480. The van der Waals surface area contributed by atoms with Crippen LogP contribution in [-0.4, -0.2) is 15.5 Å². The van der Waals surface area contributed by atoms with Crippen molar-refractivity contribution in [3.05, 3.63) is 22.6 Å². The average molecular weight is 215 g/mol. The van der Waals surface area contributed by atoms with Crippen molar-refractivity contribution >= 4 is 10.0 Å². The predicted octanol–water partition coefficient (Wildman–Crippen LogP) is 1.94. The number of rotatable bonds is 4. The minimum Gasteiger partial charge on any atom is -0.214 e. The van der Waals surface area contributed by atoms with Gasteiger partial charge in [-0.3, -0.25) is 0 Å². The summed E-state index contributed by atoms with van der Waals surface area (Å²) >= 11 is 0. The molecule has 1 rings (SSSR count). The van der Waals surface area contributed by atoms with E-state index in [0.717, 1.165) is 31.3 Å². The monoisotopic (exact) mass is 215 g/mol. The first kappa shape index (κ1) is 11.5. The van der Waals surface area contributed by atoms with E-state index in [9.17, 15) is 8.42 Å². The zero-order valence-electron chi connectivity index (χ0n) is 8.71. The van der Waals surface area contributed by atoms with E-state index in [4.69, 9.17) is 0 Å². The van der Waals surface area contributed by atoms with Gasteiger partial charge in [-0.05, 0) is 38.0 Å². The zero-order valence-corrected chi connectivity index (χ0v) is 9.52. The average Bonchev–Trinajstić information content (AvgIpc) is 2.19. The molecule has 80 valence electrons. The van der Waals surface area contributed by atoms with E-state index in [-0.39, 0.29) is 0 Å². The van der Waals surface area contributed by atoms with Crippen LogP contribution in [0.3, 0.4) is 0 Å². The van der Waals surface area contributed by atoms with Gasteiger partial charge in [0.15, 0.2) is 0 Å².